The standard InChI is InChI=1S/C14H22N8/c1-14(2,3)12-17-18-19-22(12)11-20-7-9-21(10-8-20)13-15-5-4-6-16-13/h4-6H,7-11H2,1-3H3. The van der Waals surface area contributed by atoms with Crippen molar-refractivity contribution in [1.29, 1.82) is 0 Å². The summed E-state index contributed by atoms with van der Waals surface area (Å²) >= 11 is 0. The molecule has 118 valence electrons. The maximum atomic E-state index is 4.31. The molecule has 22 heavy (non-hydrogen) atoms. The van der Waals surface area contributed by atoms with Gasteiger partial charge in [0.1, 0.15) is 0 Å². The van der Waals surface area contributed by atoms with Crippen molar-refractivity contribution >= 4 is 5.95 Å². The molecule has 1 aliphatic heterocycles. The molecular formula is C14H22N8. The van der Waals surface area contributed by atoms with E-state index in [9.17, 15) is 0 Å². The highest BCUT2D eigenvalue weighted by Gasteiger charge is 2.24. The SMILES string of the molecule is CC(C)(C)c1nnnn1CN1CCN(c2ncccn2)CC1. The summed E-state index contributed by atoms with van der Waals surface area (Å²) in [7, 11) is 0. The number of aromatic nitrogens is 6. The molecule has 0 spiro atoms. The molecule has 0 radical (unpaired) electrons. The number of anilines is 1. The Morgan fingerprint density at radius 3 is 2.36 bits per heavy atom. The van der Waals surface area contributed by atoms with Gasteiger partial charge in [-0.05, 0) is 16.5 Å². The quantitative estimate of drug-likeness (QED) is 0.819. The number of tetrazole rings is 1. The third kappa shape index (κ3) is 3.22. The van der Waals surface area contributed by atoms with Gasteiger partial charge in [0.25, 0.3) is 0 Å². The number of rotatable bonds is 3. The fourth-order valence-corrected chi connectivity index (χ4v) is 2.57. The summed E-state index contributed by atoms with van der Waals surface area (Å²) in [6.45, 7) is 10.8. The van der Waals surface area contributed by atoms with Gasteiger partial charge in [-0.15, -0.1) is 5.10 Å². The van der Waals surface area contributed by atoms with Gasteiger partial charge >= 0.3 is 0 Å². The lowest BCUT2D eigenvalue weighted by Gasteiger charge is -2.34. The van der Waals surface area contributed by atoms with Crippen molar-refractivity contribution in [3.63, 3.8) is 0 Å². The first-order valence-electron chi connectivity index (χ1n) is 7.55. The monoisotopic (exact) mass is 302 g/mol. The van der Waals surface area contributed by atoms with E-state index in [4.69, 9.17) is 0 Å². The second kappa shape index (κ2) is 5.96. The fraction of sp³-hybridized carbons (Fsp3) is 0.643. The Labute approximate surface area is 130 Å². The summed E-state index contributed by atoms with van der Waals surface area (Å²) in [4.78, 5) is 13.2. The van der Waals surface area contributed by atoms with Crippen LogP contribution in [0.2, 0.25) is 0 Å². The molecule has 0 unspecified atom stereocenters. The van der Waals surface area contributed by atoms with Crippen molar-refractivity contribution in [3.8, 4) is 0 Å². The summed E-state index contributed by atoms with van der Waals surface area (Å²) in [6.07, 6.45) is 3.57. The number of hydrogen-bond acceptors (Lipinski definition) is 7. The van der Waals surface area contributed by atoms with E-state index in [-0.39, 0.29) is 5.41 Å². The van der Waals surface area contributed by atoms with E-state index < -0.39 is 0 Å². The Hall–Kier alpha value is -2.09. The van der Waals surface area contributed by atoms with E-state index in [0.717, 1.165) is 44.6 Å². The highest BCUT2D eigenvalue weighted by molar-refractivity contribution is 5.29. The normalized spacial score (nSPS) is 17.0. The minimum absolute atomic E-state index is 0.0524. The van der Waals surface area contributed by atoms with E-state index in [2.05, 4.69) is 56.1 Å². The Bertz CT molecular complexity index is 595. The zero-order chi connectivity index (χ0) is 15.6. The average Bonchev–Trinajstić information content (AvgIpc) is 2.97. The first-order valence-corrected chi connectivity index (χ1v) is 7.55. The Morgan fingerprint density at radius 1 is 1.05 bits per heavy atom. The fourth-order valence-electron chi connectivity index (χ4n) is 2.57. The van der Waals surface area contributed by atoms with Crippen LogP contribution in [0.4, 0.5) is 5.95 Å². The maximum absolute atomic E-state index is 4.31. The zero-order valence-corrected chi connectivity index (χ0v) is 13.3. The van der Waals surface area contributed by atoms with Gasteiger partial charge in [0.05, 0.1) is 6.67 Å². The van der Waals surface area contributed by atoms with Crippen LogP contribution in [0.3, 0.4) is 0 Å². The van der Waals surface area contributed by atoms with Crippen molar-refractivity contribution in [1.82, 2.24) is 35.1 Å². The second-order valence-electron chi connectivity index (χ2n) is 6.55. The molecule has 0 amide bonds. The van der Waals surface area contributed by atoms with Crippen LogP contribution in [-0.4, -0.2) is 61.3 Å². The Morgan fingerprint density at radius 2 is 1.73 bits per heavy atom. The molecular weight excluding hydrogens is 280 g/mol. The molecule has 3 heterocycles. The molecule has 0 aliphatic carbocycles. The minimum atomic E-state index is -0.0524. The van der Waals surface area contributed by atoms with Gasteiger partial charge < -0.3 is 4.90 Å². The first-order chi connectivity index (χ1) is 10.5. The van der Waals surface area contributed by atoms with Crippen molar-refractivity contribution in [2.75, 3.05) is 31.1 Å². The van der Waals surface area contributed by atoms with Crippen molar-refractivity contribution in [2.24, 2.45) is 0 Å². The summed E-state index contributed by atoms with van der Waals surface area (Å²) in [5, 5.41) is 12.1. The van der Waals surface area contributed by atoms with E-state index in [0.29, 0.717) is 0 Å². The molecule has 0 bridgehead atoms. The lowest BCUT2D eigenvalue weighted by atomic mass is 9.96. The summed E-state index contributed by atoms with van der Waals surface area (Å²) in [6, 6.07) is 1.84. The lowest BCUT2D eigenvalue weighted by molar-refractivity contribution is 0.187. The van der Waals surface area contributed by atoms with Gasteiger partial charge in [0.2, 0.25) is 5.95 Å². The number of hydrogen-bond donors (Lipinski definition) is 0. The van der Waals surface area contributed by atoms with Crippen LogP contribution < -0.4 is 4.90 Å². The van der Waals surface area contributed by atoms with Gasteiger partial charge in [-0.25, -0.2) is 14.6 Å². The molecule has 1 aliphatic rings. The predicted octanol–water partition coefficient (Wildman–Crippen LogP) is 0.540. The van der Waals surface area contributed by atoms with Gasteiger partial charge in [-0.3, -0.25) is 4.90 Å². The molecule has 0 atom stereocenters. The molecule has 1 fully saturated rings. The molecule has 8 nitrogen and oxygen atoms in total. The maximum Gasteiger partial charge on any atom is 0.225 e. The zero-order valence-electron chi connectivity index (χ0n) is 13.3. The molecule has 2 aromatic rings. The second-order valence-corrected chi connectivity index (χ2v) is 6.55. The topological polar surface area (TPSA) is 75.9 Å². The van der Waals surface area contributed by atoms with E-state index in [1.807, 2.05) is 10.7 Å². The molecule has 0 aromatic carbocycles. The van der Waals surface area contributed by atoms with Crippen LogP contribution in [0.1, 0.15) is 26.6 Å². The van der Waals surface area contributed by atoms with Crippen molar-refractivity contribution < 1.29 is 0 Å². The van der Waals surface area contributed by atoms with E-state index in [1.165, 1.54) is 0 Å². The third-order valence-electron chi connectivity index (χ3n) is 3.74. The Balaban J connectivity index is 1.60. The minimum Gasteiger partial charge on any atom is -0.338 e. The van der Waals surface area contributed by atoms with Crippen LogP contribution in [0.15, 0.2) is 18.5 Å². The Kier molecular flexibility index (Phi) is 4.02. The third-order valence-corrected chi connectivity index (χ3v) is 3.74. The molecule has 0 N–H and O–H groups in total. The smallest absolute Gasteiger partial charge is 0.225 e. The largest absolute Gasteiger partial charge is 0.338 e. The molecule has 0 saturated carbocycles. The van der Waals surface area contributed by atoms with Crippen molar-refractivity contribution in [2.45, 2.75) is 32.9 Å². The number of nitrogens with zero attached hydrogens (tertiary/aromatic N) is 8. The summed E-state index contributed by atoms with van der Waals surface area (Å²) in [5.74, 6) is 1.72. The van der Waals surface area contributed by atoms with Crippen LogP contribution >= 0.6 is 0 Å². The average molecular weight is 302 g/mol. The van der Waals surface area contributed by atoms with Gasteiger partial charge in [0, 0.05) is 44.0 Å². The lowest BCUT2D eigenvalue weighted by Crippen LogP contribution is -2.47. The first kappa shape index (κ1) is 14.8. The highest BCUT2D eigenvalue weighted by Crippen LogP contribution is 2.19. The molecule has 1 saturated heterocycles. The van der Waals surface area contributed by atoms with Gasteiger partial charge in [0.15, 0.2) is 5.82 Å². The van der Waals surface area contributed by atoms with Gasteiger partial charge in [-0.1, -0.05) is 20.8 Å². The summed E-state index contributed by atoms with van der Waals surface area (Å²) in [5.41, 5.74) is -0.0524. The highest BCUT2D eigenvalue weighted by atomic mass is 15.6. The van der Waals surface area contributed by atoms with Crippen LogP contribution in [0.25, 0.3) is 0 Å². The van der Waals surface area contributed by atoms with Gasteiger partial charge in [-0.2, -0.15) is 0 Å². The van der Waals surface area contributed by atoms with Crippen LogP contribution in [0, 0.1) is 0 Å². The predicted molar refractivity (Wildman–Crippen MR) is 82.3 cm³/mol. The van der Waals surface area contributed by atoms with Crippen LogP contribution in [-0.2, 0) is 12.1 Å². The van der Waals surface area contributed by atoms with Crippen LogP contribution in [0.5, 0.6) is 0 Å². The molecule has 8 heteroatoms. The molecule has 2 aromatic heterocycles. The molecule has 3 rings (SSSR count). The van der Waals surface area contributed by atoms with E-state index in [1.54, 1.807) is 12.4 Å². The van der Waals surface area contributed by atoms with Crippen molar-refractivity contribution in [3.05, 3.63) is 24.3 Å². The summed E-state index contributed by atoms with van der Waals surface area (Å²) < 4.78 is 1.90. The van der Waals surface area contributed by atoms with E-state index >= 15 is 0 Å². The number of piperazine rings is 1.